The number of alkyl carbamates (subject to hydrolysis) is 1. The lowest BCUT2D eigenvalue weighted by Gasteiger charge is -2.30. The van der Waals surface area contributed by atoms with Gasteiger partial charge in [0.05, 0.1) is 12.2 Å². The topological polar surface area (TPSA) is 76.5 Å². The third-order valence-electron chi connectivity index (χ3n) is 5.44. The molecule has 12 heteroatoms. The van der Waals surface area contributed by atoms with Crippen LogP contribution in [0.2, 0.25) is 0 Å². The maximum absolute atomic E-state index is 14.2. The summed E-state index contributed by atoms with van der Waals surface area (Å²) in [6.07, 6.45) is -4.99. The molecule has 0 aliphatic carbocycles. The molecule has 196 valence electrons. The summed E-state index contributed by atoms with van der Waals surface area (Å²) in [5.41, 5.74) is -2.14. The largest absolute Gasteiger partial charge is 0.444 e. The number of alkyl halides is 3. The number of amides is 2. The van der Waals surface area contributed by atoms with Gasteiger partial charge in [-0.1, -0.05) is 6.58 Å². The highest BCUT2D eigenvalue weighted by molar-refractivity contribution is 5.78. The molecule has 7 nitrogen and oxygen atoms in total. The first-order valence-electron chi connectivity index (χ1n) is 11.2. The summed E-state index contributed by atoms with van der Waals surface area (Å²) in [5, 5.41) is 2.52. The summed E-state index contributed by atoms with van der Waals surface area (Å²) < 4.78 is 74.5. The van der Waals surface area contributed by atoms with E-state index in [1.54, 1.807) is 20.8 Å². The van der Waals surface area contributed by atoms with Gasteiger partial charge >= 0.3 is 12.3 Å². The van der Waals surface area contributed by atoms with Crippen LogP contribution in [-0.2, 0) is 35.2 Å². The molecule has 1 N–H and O–H groups in total. The quantitative estimate of drug-likeness (QED) is 0.568. The number of nitrogens with one attached hydrogen (secondary N) is 1. The van der Waals surface area contributed by atoms with E-state index in [2.05, 4.69) is 16.9 Å². The van der Waals surface area contributed by atoms with E-state index in [-0.39, 0.29) is 49.6 Å². The SMILES string of the molecule is C=Cc1c(C(F)(F)F)nc2n1CCN(C(=O)C[C@@H](Cc1cc(F)ccc1F)NC(=O)OC(C)(C)C)C2. The van der Waals surface area contributed by atoms with Crippen molar-refractivity contribution >= 4 is 18.1 Å². The molecule has 0 fully saturated rings. The Morgan fingerprint density at radius 3 is 2.53 bits per heavy atom. The molecule has 1 aromatic heterocycles. The van der Waals surface area contributed by atoms with E-state index >= 15 is 0 Å². The second-order valence-corrected chi connectivity index (χ2v) is 9.42. The number of hydrogen-bond donors (Lipinski definition) is 1. The molecule has 0 saturated heterocycles. The van der Waals surface area contributed by atoms with Crippen molar-refractivity contribution in [3.63, 3.8) is 0 Å². The van der Waals surface area contributed by atoms with E-state index in [4.69, 9.17) is 4.74 Å². The van der Waals surface area contributed by atoms with Crippen LogP contribution in [0.3, 0.4) is 0 Å². The van der Waals surface area contributed by atoms with E-state index in [1.807, 2.05) is 0 Å². The highest BCUT2D eigenvalue weighted by Crippen LogP contribution is 2.33. The van der Waals surface area contributed by atoms with Crippen molar-refractivity contribution in [1.29, 1.82) is 0 Å². The minimum absolute atomic E-state index is 0.0460. The van der Waals surface area contributed by atoms with Crippen LogP contribution in [0.25, 0.3) is 6.08 Å². The molecule has 1 atom stereocenters. The van der Waals surface area contributed by atoms with Crippen LogP contribution in [0.1, 0.15) is 50.0 Å². The van der Waals surface area contributed by atoms with Gasteiger partial charge in [-0.3, -0.25) is 4.79 Å². The monoisotopic (exact) mass is 514 g/mol. The Morgan fingerprint density at radius 1 is 1.22 bits per heavy atom. The van der Waals surface area contributed by atoms with Gasteiger partial charge in [-0.15, -0.1) is 0 Å². The predicted molar refractivity (Wildman–Crippen MR) is 121 cm³/mol. The molecule has 0 saturated carbocycles. The fraction of sp³-hybridized carbons (Fsp3) is 0.458. The zero-order chi connectivity index (χ0) is 26.8. The number of fused-ring (bicyclic) bond motifs is 1. The lowest BCUT2D eigenvalue weighted by Crippen LogP contribution is -2.45. The van der Waals surface area contributed by atoms with Crippen LogP contribution in [0.5, 0.6) is 0 Å². The summed E-state index contributed by atoms with van der Waals surface area (Å²) in [5.74, 6) is -1.85. The number of benzene rings is 1. The Morgan fingerprint density at radius 2 is 1.92 bits per heavy atom. The fourth-order valence-corrected chi connectivity index (χ4v) is 3.94. The van der Waals surface area contributed by atoms with Crippen LogP contribution in [0, 0.1) is 11.6 Å². The van der Waals surface area contributed by atoms with Crippen LogP contribution >= 0.6 is 0 Å². The van der Waals surface area contributed by atoms with Gasteiger partial charge in [-0.25, -0.2) is 18.6 Å². The molecule has 2 aromatic rings. The van der Waals surface area contributed by atoms with Crippen molar-refractivity contribution in [2.75, 3.05) is 6.54 Å². The zero-order valence-corrected chi connectivity index (χ0v) is 20.1. The lowest BCUT2D eigenvalue weighted by atomic mass is 10.0. The third kappa shape index (κ3) is 6.61. The summed E-state index contributed by atoms with van der Waals surface area (Å²) in [6, 6.07) is 1.89. The predicted octanol–water partition coefficient (Wildman–Crippen LogP) is 4.69. The normalized spacial score (nSPS) is 14.7. The highest BCUT2D eigenvalue weighted by atomic mass is 19.4. The first-order valence-corrected chi connectivity index (χ1v) is 11.2. The molecule has 1 aliphatic rings. The van der Waals surface area contributed by atoms with Gasteiger partial charge in [0, 0.05) is 25.6 Å². The molecule has 2 heterocycles. The van der Waals surface area contributed by atoms with E-state index in [1.165, 1.54) is 9.47 Å². The van der Waals surface area contributed by atoms with Crippen molar-refractivity contribution in [2.45, 2.75) is 64.5 Å². The number of hydrogen-bond acceptors (Lipinski definition) is 4. The van der Waals surface area contributed by atoms with Crippen LogP contribution in [-0.4, -0.2) is 44.6 Å². The summed E-state index contributed by atoms with van der Waals surface area (Å²) >= 11 is 0. The number of ether oxygens (including phenoxy) is 1. The molecule has 2 amide bonds. The smallest absolute Gasteiger partial charge is 0.435 e. The van der Waals surface area contributed by atoms with Gasteiger partial charge < -0.3 is 19.5 Å². The number of carbonyl (C=O) groups is 2. The molecule has 36 heavy (non-hydrogen) atoms. The first kappa shape index (κ1) is 27.2. The van der Waals surface area contributed by atoms with Gasteiger partial charge in [0.25, 0.3) is 0 Å². The Labute approximate surface area is 204 Å². The van der Waals surface area contributed by atoms with Gasteiger partial charge in [-0.05, 0) is 57.0 Å². The second kappa shape index (κ2) is 10.3. The van der Waals surface area contributed by atoms with Crippen molar-refractivity contribution in [3.8, 4) is 0 Å². The average Bonchev–Trinajstić information content (AvgIpc) is 3.13. The number of imidazole rings is 1. The summed E-state index contributed by atoms with van der Waals surface area (Å²) in [4.78, 5) is 30.4. The van der Waals surface area contributed by atoms with Gasteiger partial charge in [0.2, 0.25) is 5.91 Å². The van der Waals surface area contributed by atoms with Gasteiger partial charge in [-0.2, -0.15) is 13.2 Å². The van der Waals surface area contributed by atoms with Crippen molar-refractivity contribution in [3.05, 3.63) is 59.2 Å². The maximum Gasteiger partial charge on any atom is 0.435 e. The lowest BCUT2D eigenvalue weighted by molar-refractivity contribution is -0.141. The molecule has 0 radical (unpaired) electrons. The van der Waals surface area contributed by atoms with E-state index in [0.717, 1.165) is 24.3 Å². The standard InChI is InChI=1S/C24H27F5N4O3/c1-5-18-21(24(27,28)29)31-19-13-32(8-9-33(18)19)20(34)12-16(30-22(35)36-23(2,3)4)11-14-10-15(25)6-7-17(14)26/h5-7,10,16H,1,8-9,11-13H2,2-4H3,(H,30,35)/t16-/m1/s1. The molecule has 0 unspecified atom stereocenters. The summed E-state index contributed by atoms with van der Waals surface area (Å²) in [6.45, 7) is 8.32. The molecular weight excluding hydrogens is 487 g/mol. The van der Waals surface area contributed by atoms with Crippen molar-refractivity contribution in [2.24, 2.45) is 0 Å². The molecule has 1 aromatic carbocycles. The Balaban J connectivity index is 1.79. The molecule has 0 bridgehead atoms. The molecular formula is C24H27F5N4O3. The number of halogens is 5. The third-order valence-corrected chi connectivity index (χ3v) is 5.44. The number of nitrogens with zero attached hydrogens (tertiary/aromatic N) is 3. The Bertz CT molecular complexity index is 1150. The van der Waals surface area contributed by atoms with Gasteiger partial charge in [0.1, 0.15) is 23.1 Å². The average molecular weight is 514 g/mol. The molecule has 1 aliphatic heterocycles. The first-order chi connectivity index (χ1) is 16.7. The van der Waals surface area contributed by atoms with Crippen molar-refractivity contribution in [1.82, 2.24) is 19.8 Å². The zero-order valence-electron chi connectivity index (χ0n) is 20.1. The van der Waals surface area contributed by atoms with Gasteiger partial charge in [0.15, 0.2) is 5.69 Å². The Hall–Kier alpha value is -3.44. The molecule has 3 rings (SSSR count). The number of carbonyl (C=O) groups excluding carboxylic acids is 2. The van der Waals surface area contributed by atoms with Crippen LogP contribution < -0.4 is 5.32 Å². The second-order valence-electron chi connectivity index (χ2n) is 9.42. The Kier molecular flexibility index (Phi) is 7.75. The maximum atomic E-state index is 14.2. The van der Waals surface area contributed by atoms with E-state index < -0.39 is 47.1 Å². The van der Waals surface area contributed by atoms with Crippen LogP contribution in [0.4, 0.5) is 26.7 Å². The number of aromatic nitrogens is 2. The number of rotatable bonds is 6. The minimum atomic E-state index is -4.68. The summed E-state index contributed by atoms with van der Waals surface area (Å²) in [7, 11) is 0. The minimum Gasteiger partial charge on any atom is -0.444 e. The highest BCUT2D eigenvalue weighted by Gasteiger charge is 2.39. The van der Waals surface area contributed by atoms with Crippen LogP contribution in [0.15, 0.2) is 24.8 Å². The molecule has 0 spiro atoms. The fourth-order valence-electron chi connectivity index (χ4n) is 3.94. The van der Waals surface area contributed by atoms with Crippen molar-refractivity contribution < 1.29 is 36.3 Å². The van der Waals surface area contributed by atoms with E-state index in [9.17, 15) is 31.5 Å². The van der Waals surface area contributed by atoms with E-state index in [0.29, 0.717) is 0 Å².